The highest BCUT2D eigenvalue weighted by atomic mass is 19.4. The third kappa shape index (κ3) is 5.27. The van der Waals surface area contributed by atoms with E-state index in [2.05, 4.69) is 6.07 Å². The van der Waals surface area contributed by atoms with Crippen molar-refractivity contribution >= 4 is 43.6 Å². The number of rotatable bonds is 4. The Kier molecular flexibility index (Phi) is 7.40. The Balaban J connectivity index is 1.46. The van der Waals surface area contributed by atoms with Crippen molar-refractivity contribution < 1.29 is 26.3 Å². The van der Waals surface area contributed by atoms with Crippen LogP contribution in [0.1, 0.15) is 16.7 Å². The number of hydrogen-bond acceptors (Lipinski definition) is 2. The van der Waals surface area contributed by atoms with E-state index in [1.807, 2.05) is 57.7 Å². The number of pyridine rings is 1. The second-order valence-electron chi connectivity index (χ2n) is 12.9. The quantitative estimate of drug-likeness (QED) is 0.170. The predicted molar refractivity (Wildman–Crippen MR) is 199 cm³/mol. The standard InChI is InChI=1S/C44H24F6N4/c45-43(46,47)28-17-19-38-32(23-28)30-11-4-6-15-36(30)53(38)40-21-26(25-51)22-41(42(40)35-14-8-13-34(52-35)27-9-2-1-3-10-27)54-37-16-7-5-12-31(37)33-24-29(44(48,49)50)18-20-39(33)54/h1-24H. The van der Waals surface area contributed by atoms with Gasteiger partial charge in [0.1, 0.15) is 0 Å². The highest BCUT2D eigenvalue weighted by Gasteiger charge is 2.33. The number of fused-ring (bicyclic) bond motifs is 6. The zero-order chi connectivity index (χ0) is 37.4. The summed E-state index contributed by atoms with van der Waals surface area (Å²) < 4.78 is 87.9. The molecule has 0 aliphatic rings. The van der Waals surface area contributed by atoms with E-state index in [1.54, 1.807) is 60.7 Å². The van der Waals surface area contributed by atoms with Gasteiger partial charge in [-0.2, -0.15) is 31.6 Å². The van der Waals surface area contributed by atoms with Crippen molar-refractivity contribution in [1.82, 2.24) is 14.1 Å². The first-order valence-electron chi connectivity index (χ1n) is 16.8. The fourth-order valence-corrected chi connectivity index (χ4v) is 7.45. The first-order chi connectivity index (χ1) is 26.0. The molecule has 262 valence electrons. The van der Waals surface area contributed by atoms with Crippen molar-refractivity contribution in [1.29, 1.82) is 5.26 Å². The number of nitriles is 1. The number of aromatic nitrogens is 3. The van der Waals surface area contributed by atoms with E-state index < -0.39 is 23.5 Å². The molecular weight excluding hydrogens is 699 g/mol. The number of halogens is 6. The highest BCUT2D eigenvalue weighted by Crippen LogP contribution is 2.44. The summed E-state index contributed by atoms with van der Waals surface area (Å²) in [7, 11) is 0. The van der Waals surface area contributed by atoms with Crippen molar-refractivity contribution in [2.24, 2.45) is 0 Å². The summed E-state index contributed by atoms with van der Waals surface area (Å²) >= 11 is 0. The third-order valence-electron chi connectivity index (χ3n) is 9.78. The van der Waals surface area contributed by atoms with Crippen LogP contribution >= 0.6 is 0 Å². The van der Waals surface area contributed by atoms with Crippen LogP contribution in [0, 0.1) is 11.3 Å². The van der Waals surface area contributed by atoms with Crippen LogP contribution in [0.5, 0.6) is 0 Å². The molecule has 0 fully saturated rings. The van der Waals surface area contributed by atoms with Gasteiger partial charge in [-0.15, -0.1) is 0 Å². The molecule has 0 spiro atoms. The van der Waals surface area contributed by atoms with E-state index in [9.17, 15) is 31.6 Å². The lowest BCUT2D eigenvalue weighted by molar-refractivity contribution is -0.138. The maximum atomic E-state index is 14.0. The molecule has 54 heavy (non-hydrogen) atoms. The van der Waals surface area contributed by atoms with Crippen molar-refractivity contribution in [2.75, 3.05) is 0 Å². The van der Waals surface area contributed by atoms with E-state index in [-0.39, 0.29) is 5.56 Å². The van der Waals surface area contributed by atoms with E-state index in [0.717, 1.165) is 29.8 Å². The fourth-order valence-electron chi connectivity index (χ4n) is 7.45. The van der Waals surface area contributed by atoms with Crippen LogP contribution in [-0.4, -0.2) is 14.1 Å². The second-order valence-corrected chi connectivity index (χ2v) is 12.9. The maximum Gasteiger partial charge on any atom is 0.416 e. The molecule has 0 amide bonds. The summed E-state index contributed by atoms with van der Waals surface area (Å²) in [5.41, 5.74) is 4.08. The molecule has 0 radical (unpaired) electrons. The molecule has 0 bridgehead atoms. The minimum Gasteiger partial charge on any atom is -0.308 e. The zero-order valence-corrected chi connectivity index (χ0v) is 27.9. The Bertz CT molecular complexity index is 2830. The molecule has 9 aromatic rings. The van der Waals surface area contributed by atoms with Gasteiger partial charge in [-0.25, -0.2) is 4.98 Å². The summed E-state index contributed by atoms with van der Waals surface area (Å²) in [6.45, 7) is 0. The number of alkyl halides is 6. The second kappa shape index (κ2) is 12.1. The lowest BCUT2D eigenvalue weighted by Gasteiger charge is -2.21. The van der Waals surface area contributed by atoms with Crippen LogP contribution in [-0.2, 0) is 12.4 Å². The number of nitrogens with zero attached hydrogens (tertiary/aromatic N) is 4. The topological polar surface area (TPSA) is 46.5 Å². The molecule has 0 N–H and O–H groups in total. The SMILES string of the molecule is N#Cc1cc(-n2c3ccccc3c3cc(C(F)(F)F)ccc32)c(-c2cccc(-c3ccccc3)n2)c(-n2c3ccccc3c3cc(C(F)(F)F)ccc32)c1. The molecule has 0 saturated carbocycles. The zero-order valence-electron chi connectivity index (χ0n) is 27.9. The monoisotopic (exact) mass is 722 g/mol. The molecule has 0 atom stereocenters. The summed E-state index contributed by atoms with van der Waals surface area (Å²) in [6, 6.07) is 42.0. The highest BCUT2D eigenvalue weighted by molar-refractivity contribution is 6.12. The Hall–Kier alpha value is -6.86. The average Bonchev–Trinajstić information content (AvgIpc) is 3.69. The van der Waals surface area contributed by atoms with Crippen LogP contribution in [0.4, 0.5) is 26.3 Å². The Morgan fingerprint density at radius 1 is 0.463 bits per heavy atom. The van der Waals surface area contributed by atoms with Gasteiger partial charge in [0, 0.05) is 32.7 Å². The van der Waals surface area contributed by atoms with Crippen LogP contribution < -0.4 is 0 Å². The van der Waals surface area contributed by atoms with Gasteiger partial charge in [-0.1, -0.05) is 72.8 Å². The Morgan fingerprint density at radius 2 is 0.926 bits per heavy atom. The molecule has 9 rings (SSSR count). The number of benzene rings is 6. The molecule has 0 aliphatic carbocycles. The lowest BCUT2D eigenvalue weighted by atomic mass is 10.0. The summed E-state index contributed by atoms with van der Waals surface area (Å²) in [5, 5.41) is 12.4. The van der Waals surface area contributed by atoms with Crippen LogP contribution in [0.15, 0.2) is 146 Å². The molecular formula is C44H24F6N4. The molecule has 4 nitrogen and oxygen atoms in total. The normalized spacial score (nSPS) is 12.2. The smallest absolute Gasteiger partial charge is 0.308 e. The molecule has 10 heteroatoms. The maximum absolute atomic E-state index is 14.0. The molecule has 0 unspecified atom stereocenters. The molecule has 6 aromatic carbocycles. The van der Waals surface area contributed by atoms with E-state index >= 15 is 0 Å². The van der Waals surface area contributed by atoms with Gasteiger partial charge in [0.15, 0.2) is 0 Å². The minimum atomic E-state index is -4.58. The van der Waals surface area contributed by atoms with E-state index in [1.165, 1.54) is 12.1 Å². The van der Waals surface area contributed by atoms with Crippen LogP contribution in [0.25, 0.3) is 77.5 Å². The van der Waals surface area contributed by atoms with Gasteiger partial charge < -0.3 is 9.13 Å². The van der Waals surface area contributed by atoms with Gasteiger partial charge in [0.05, 0.1) is 67.6 Å². The predicted octanol–water partition coefficient (Wildman–Crippen LogP) is 12.5. The van der Waals surface area contributed by atoms with Crippen molar-refractivity contribution in [3.8, 4) is 40.0 Å². The fraction of sp³-hybridized carbons (Fsp3) is 0.0455. The molecule has 0 saturated heterocycles. The molecule has 3 aromatic heterocycles. The van der Waals surface area contributed by atoms with E-state index in [4.69, 9.17) is 4.98 Å². The number of para-hydroxylation sites is 2. The summed E-state index contributed by atoms with van der Waals surface area (Å²) in [4.78, 5) is 5.12. The Labute approximate surface area is 303 Å². The first kappa shape index (κ1) is 33.0. The minimum absolute atomic E-state index is 0.221. The van der Waals surface area contributed by atoms with Gasteiger partial charge in [0.2, 0.25) is 0 Å². The van der Waals surface area contributed by atoms with Gasteiger partial charge >= 0.3 is 12.4 Å². The van der Waals surface area contributed by atoms with Gasteiger partial charge in [-0.05, 0) is 72.8 Å². The number of hydrogen-bond donors (Lipinski definition) is 0. The van der Waals surface area contributed by atoms with Crippen molar-refractivity contribution in [2.45, 2.75) is 12.4 Å². The molecule has 3 heterocycles. The van der Waals surface area contributed by atoms with Crippen molar-refractivity contribution in [3.05, 3.63) is 162 Å². The van der Waals surface area contributed by atoms with Crippen molar-refractivity contribution in [3.63, 3.8) is 0 Å². The van der Waals surface area contributed by atoms with Crippen LogP contribution in [0.3, 0.4) is 0 Å². The van der Waals surface area contributed by atoms with Gasteiger partial charge in [-0.3, -0.25) is 0 Å². The Morgan fingerprint density at radius 3 is 1.43 bits per heavy atom. The van der Waals surface area contributed by atoms with E-state index in [0.29, 0.717) is 71.9 Å². The molecule has 0 aliphatic heterocycles. The summed E-state index contributed by atoms with van der Waals surface area (Å²) in [6.07, 6.45) is -9.17. The van der Waals surface area contributed by atoms with Gasteiger partial charge in [0.25, 0.3) is 0 Å². The third-order valence-corrected chi connectivity index (χ3v) is 9.78. The summed E-state index contributed by atoms with van der Waals surface area (Å²) in [5.74, 6) is 0. The largest absolute Gasteiger partial charge is 0.416 e. The van der Waals surface area contributed by atoms with Crippen LogP contribution in [0.2, 0.25) is 0 Å². The first-order valence-corrected chi connectivity index (χ1v) is 16.8. The lowest BCUT2D eigenvalue weighted by Crippen LogP contribution is -2.07. The average molecular weight is 723 g/mol.